The summed E-state index contributed by atoms with van der Waals surface area (Å²) >= 11 is 0. The lowest BCUT2D eigenvalue weighted by Crippen LogP contribution is -2.61. The summed E-state index contributed by atoms with van der Waals surface area (Å²) in [5.74, 6) is 2.23. The number of carbonyl (C=O) groups excluding carboxylic acids is 1. The lowest BCUT2D eigenvalue weighted by Gasteiger charge is -2.57. The molecular weight excluding hydrogens is 176 g/mol. The Kier molecular flexibility index (Phi) is 1.65. The lowest BCUT2D eigenvalue weighted by molar-refractivity contribution is -0.183. The summed E-state index contributed by atoms with van der Waals surface area (Å²) in [5.41, 5.74) is -0.937. The zero-order valence-corrected chi connectivity index (χ0v) is 8.70. The molecule has 14 heavy (non-hydrogen) atoms. The van der Waals surface area contributed by atoms with E-state index in [0.717, 1.165) is 37.5 Å². The SMILES string of the molecule is CC(=O)C1(O)C2CC3CC(C2)CC1C3. The fourth-order valence-corrected chi connectivity index (χ4v) is 4.48. The van der Waals surface area contributed by atoms with Crippen LogP contribution in [0.25, 0.3) is 0 Å². The van der Waals surface area contributed by atoms with Crippen molar-refractivity contribution in [3.8, 4) is 0 Å². The van der Waals surface area contributed by atoms with Crippen molar-refractivity contribution < 1.29 is 9.90 Å². The van der Waals surface area contributed by atoms with Crippen LogP contribution in [0.4, 0.5) is 0 Å². The Morgan fingerprint density at radius 1 is 1.07 bits per heavy atom. The summed E-state index contributed by atoms with van der Waals surface area (Å²) in [7, 11) is 0. The Bertz CT molecular complexity index is 254. The number of rotatable bonds is 1. The zero-order chi connectivity index (χ0) is 9.92. The summed E-state index contributed by atoms with van der Waals surface area (Å²) in [6, 6.07) is 0. The Morgan fingerprint density at radius 3 is 1.86 bits per heavy atom. The van der Waals surface area contributed by atoms with Gasteiger partial charge in [0, 0.05) is 0 Å². The first-order valence-corrected chi connectivity index (χ1v) is 5.84. The summed E-state index contributed by atoms with van der Waals surface area (Å²) in [5, 5.41) is 10.5. The second kappa shape index (κ2) is 2.60. The van der Waals surface area contributed by atoms with Gasteiger partial charge in [-0.25, -0.2) is 0 Å². The minimum atomic E-state index is -0.937. The van der Waals surface area contributed by atoms with Crippen molar-refractivity contribution in [2.24, 2.45) is 23.7 Å². The molecule has 4 aliphatic carbocycles. The molecule has 1 N–H and O–H groups in total. The lowest BCUT2D eigenvalue weighted by atomic mass is 9.49. The maximum absolute atomic E-state index is 11.6. The fraction of sp³-hybridized carbons (Fsp3) is 0.917. The van der Waals surface area contributed by atoms with Gasteiger partial charge in [0.1, 0.15) is 5.60 Å². The number of carbonyl (C=O) groups is 1. The Labute approximate surface area is 84.7 Å². The van der Waals surface area contributed by atoms with Crippen LogP contribution in [0.2, 0.25) is 0 Å². The van der Waals surface area contributed by atoms with Gasteiger partial charge in [-0.1, -0.05) is 0 Å². The van der Waals surface area contributed by atoms with E-state index in [-0.39, 0.29) is 17.6 Å². The van der Waals surface area contributed by atoms with Crippen molar-refractivity contribution in [1.82, 2.24) is 0 Å². The standard InChI is InChI=1S/C12H18O2/c1-7(13)12(14)10-3-8-2-9(5-10)6-11(12)4-8/h8-11,14H,2-6H2,1H3. The van der Waals surface area contributed by atoms with Crippen LogP contribution in [0.1, 0.15) is 39.0 Å². The molecule has 0 heterocycles. The second-order valence-electron chi connectivity index (χ2n) is 5.69. The molecule has 0 amide bonds. The first kappa shape index (κ1) is 8.90. The maximum Gasteiger partial charge on any atom is 0.161 e. The van der Waals surface area contributed by atoms with E-state index in [1.807, 2.05) is 0 Å². The monoisotopic (exact) mass is 194 g/mol. The van der Waals surface area contributed by atoms with Crippen LogP contribution < -0.4 is 0 Å². The van der Waals surface area contributed by atoms with E-state index >= 15 is 0 Å². The molecule has 0 aromatic heterocycles. The fourth-order valence-electron chi connectivity index (χ4n) is 4.48. The number of hydrogen-bond acceptors (Lipinski definition) is 2. The zero-order valence-electron chi connectivity index (χ0n) is 8.70. The van der Waals surface area contributed by atoms with E-state index in [1.54, 1.807) is 6.92 Å². The van der Waals surface area contributed by atoms with Crippen molar-refractivity contribution in [2.45, 2.75) is 44.6 Å². The highest BCUT2D eigenvalue weighted by Crippen LogP contribution is 2.58. The van der Waals surface area contributed by atoms with Gasteiger partial charge in [0.15, 0.2) is 5.78 Å². The van der Waals surface area contributed by atoms with Crippen LogP contribution in [0.15, 0.2) is 0 Å². The van der Waals surface area contributed by atoms with E-state index < -0.39 is 5.60 Å². The van der Waals surface area contributed by atoms with Crippen LogP contribution in [0, 0.1) is 23.7 Å². The Morgan fingerprint density at radius 2 is 1.50 bits per heavy atom. The minimum Gasteiger partial charge on any atom is -0.382 e. The minimum absolute atomic E-state index is 0.0197. The first-order chi connectivity index (χ1) is 6.60. The molecule has 4 bridgehead atoms. The molecule has 4 rings (SSSR count). The van der Waals surface area contributed by atoms with Crippen molar-refractivity contribution in [2.75, 3.05) is 0 Å². The highest BCUT2D eigenvalue weighted by atomic mass is 16.3. The highest BCUT2D eigenvalue weighted by Gasteiger charge is 2.58. The third kappa shape index (κ3) is 0.928. The van der Waals surface area contributed by atoms with Crippen molar-refractivity contribution in [3.05, 3.63) is 0 Å². The van der Waals surface area contributed by atoms with Gasteiger partial charge in [-0.3, -0.25) is 4.79 Å². The van der Waals surface area contributed by atoms with Gasteiger partial charge in [0.05, 0.1) is 0 Å². The molecule has 0 atom stereocenters. The molecule has 0 radical (unpaired) electrons. The molecule has 4 fully saturated rings. The van der Waals surface area contributed by atoms with Gasteiger partial charge >= 0.3 is 0 Å². The molecular formula is C12H18O2. The smallest absolute Gasteiger partial charge is 0.161 e. The predicted octanol–water partition coefficient (Wildman–Crippen LogP) is 1.76. The Balaban J connectivity index is 1.98. The normalized spacial score (nSPS) is 55.0. The van der Waals surface area contributed by atoms with E-state index in [1.165, 1.54) is 6.42 Å². The third-order valence-corrected chi connectivity index (χ3v) is 4.95. The van der Waals surface area contributed by atoms with E-state index in [2.05, 4.69) is 0 Å². The van der Waals surface area contributed by atoms with Gasteiger partial charge in [-0.2, -0.15) is 0 Å². The number of hydrogen-bond donors (Lipinski definition) is 1. The van der Waals surface area contributed by atoms with Gasteiger partial charge < -0.3 is 5.11 Å². The van der Waals surface area contributed by atoms with Crippen LogP contribution in [0.3, 0.4) is 0 Å². The number of aliphatic hydroxyl groups is 1. The average Bonchev–Trinajstić information content (AvgIpc) is 2.12. The molecule has 2 nitrogen and oxygen atoms in total. The largest absolute Gasteiger partial charge is 0.382 e. The number of Topliss-reactive ketones (excluding diaryl/α,β-unsaturated/α-hetero) is 1. The average molecular weight is 194 g/mol. The van der Waals surface area contributed by atoms with E-state index in [9.17, 15) is 9.90 Å². The van der Waals surface area contributed by atoms with E-state index in [0.29, 0.717) is 0 Å². The highest BCUT2D eigenvalue weighted by molar-refractivity contribution is 5.85. The maximum atomic E-state index is 11.6. The molecule has 4 saturated carbocycles. The summed E-state index contributed by atoms with van der Waals surface area (Å²) in [6.07, 6.45) is 5.76. The van der Waals surface area contributed by atoms with Crippen molar-refractivity contribution >= 4 is 5.78 Å². The quantitative estimate of drug-likeness (QED) is 0.690. The van der Waals surface area contributed by atoms with Gasteiger partial charge in [-0.05, 0) is 62.7 Å². The molecule has 0 aromatic carbocycles. The third-order valence-electron chi connectivity index (χ3n) is 4.95. The van der Waals surface area contributed by atoms with Crippen LogP contribution in [-0.4, -0.2) is 16.5 Å². The van der Waals surface area contributed by atoms with Crippen LogP contribution >= 0.6 is 0 Å². The van der Waals surface area contributed by atoms with Crippen LogP contribution in [0.5, 0.6) is 0 Å². The first-order valence-electron chi connectivity index (χ1n) is 5.84. The summed E-state index contributed by atoms with van der Waals surface area (Å²) in [6.45, 7) is 1.57. The summed E-state index contributed by atoms with van der Waals surface area (Å²) < 4.78 is 0. The second-order valence-corrected chi connectivity index (χ2v) is 5.69. The topological polar surface area (TPSA) is 37.3 Å². The van der Waals surface area contributed by atoms with E-state index in [4.69, 9.17) is 0 Å². The van der Waals surface area contributed by atoms with Crippen LogP contribution in [-0.2, 0) is 4.79 Å². The van der Waals surface area contributed by atoms with Gasteiger partial charge in [0.25, 0.3) is 0 Å². The molecule has 0 spiro atoms. The predicted molar refractivity (Wildman–Crippen MR) is 52.7 cm³/mol. The molecule has 0 unspecified atom stereocenters. The molecule has 0 aromatic rings. The molecule has 2 heteroatoms. The number of ketones is 1. The molecule has 78 valence electrons. The molecule has 4 aliphatic rings. The molecule has 0 saturated heterocycles. The van der Waals surface area contributed by atoms with Crippen molar-refractivity contribution in [3.63, 3.8) is 0 Å². The summed E-state index contributed by atoms with van der Waals surface area (Å²) in [4.78, 5) is 11.6. The van der Waals surface area contributed by atoms with Gasteiger partial charge in [-0.15, -0.1) is 0 Å². The Hall–Kier alpha value is -0.370. The van der Waals surface area contributed by atoms with Gasteiger partial charge in [0.2, 0.25) is 0 Å². The molecule has 0 aliphatic heterocycles. The van der Waals surface area contributed by atoms with Crippen molar-refractivity contribution in [1.29, 1.82) is 0 Å².